The van der Waals surface area contributed by atoms with Crippen molar-refractivity contribution in [2.24, 2.45) is 5.73 Å². The predicted octanol–water partition coefficient (Wildman–Crippen LogP) is 1.24. The van der Waals surface area contributed by atoms with Gasteiger partial charge in [-0.2, -0.15) is 0 Å². The van der Waals surface area contributed by atoms with Crippen molar-refractivity contribution in [2.45, 2.75) is 5.92 Å². The number of aliphatic carboxylic acids is 1. The number of rotatable bonds is 4. The lowest BCUT2D eigenvalue weighted by atomic mass is 9.99. The first-order chi connectivity index (χ1) is 6.69. The van der Waals surface area contributed by atoms with Gasteiger partial charge in [-0.25, -0.2) is 0 Å². The van der Waals surface area contributed by atoms with E-state index in [1.807, 2.05) is 0 Å². The maximum Gasteiger partial charge on any atom is 0.312 e. The average molecular weight is 232 g/mol. The second-order valence-corrected chi connectivity index (χ2v) is 2.90. The summed E-state index contributed by atoms with van der Waals surface area (Å²) in [4.78, 5) is 10.8. The number of carboxylic acids is 1. The van der Waals surface area contributed by atoms with Gasteiger partial charge in [-0.05, 0) is 17.7 Å². The van der Waals surface area contributed by atoms with Crippen LogP contribution in [0.3, 0.4) is 0 Å². The van der Waals surface area contributed by atoms with E-state index >= 15 is 0 Å². The molecule has 0 aliphatic carbocycles. The lowest BCUT2D eigenvalue weighted by Gasteiger charge is -2.10. The Kier molecular flexibility index (Phi) is 5.74. The summed E-state index contributed by atoms with van der Waals surface area (Å²) in [5.41, 5.74) is 6.06. The molecule has 1 aromatic rings. The van der Waals surface area contributed by atoms with Crippen LogP contribution in [0.5, 0.6) is 5.75 Å². The van der Waals surface area contributed by atoms with Gasteiger partial charge in [0, 0.05) is 6.54 Å². The summed E-state index contributed by atoms with van der Waals surface area (Å²) in [6, 6.07) is 6.87. The molecule has 0 radical (unpaired) electrons. The molecule has 0 aromatic heterocycles. The predicted molar refractivity (Wildman–Crippen MR) is 59.7 cm³/mol. The minimum atomic E-state index is -0.905. The molecule has 84 valence electrons. The number of carbonyl (C=O) groups is 1. The largest absolute Gasteiger partial charge is 0.497 e. The number of hydrogen-bond acceptors (Lipinski definition) is 3. The number of hydrogen-bond donors (Lipinski definition) is 2. The zero-order chi connectivity index (χ0) is 10.6. The molecule has 1 aromatic carbocycles. The van der Waals surface area contributed by atoms with E-state index in [9.17, 15) is 4.79 Å². The zero-order valence-corrected chi connectivity index (χ0v) is 9.16. The Bertz CT molecular complexity index is 313. The van der Waals surface area contributed by atoms with Crippen molar-refractivity contribution in [1.82, 2.24) is 0 Å². The minimum Gasteiger partial charge on any atom is -0.497 e. The quantitative estimate of drug-likeness (QED) is 0.818. The Hall–Kier alpha value is -1.26. The molecule has 0 bridgehead atoms. The van der Waals surface area contributed by atoms with Crippen LogP contribution in [-0.2, 0) is 4.79 Å². The molecule has 4 nitrogen and oxygen atoms in total. The molecule has 0 heterocycles. The zero-order valence-electron chi connectivity index (χ0n) is 8.34. The van der Waals surface area contributed by atoms with E-state index < -0.39 is 11.9 Å². The Balaban J connectivity index is 0.00000196. The van der Waals surface area contributed by atoms with E-state index in [0.717, 1.165) is 0 Å². The number of nitrogens with two attached hydrogens (primary N) is 1. The van der Waals surface area contributed by atoms with E-state index in [0.29, 0.717) is 11.3 Å². The van der Waals surface area contributed by atoms with E-state index in [1.165, 1.54) is 0 Å². The van der Waals surface area contributed by atoms with Crippen molar-refractivity contribution >= 4 is 18.4 Å². The van der Waals surface area contributed by atoms with Gasteiger partial charge in [0.2, 0.25) is 0 Å². The molecule has 1 atom stereocenters. The first-order valence-electron chi connectivity index (χ1n) is 4.26. The van der Waals surface area contributed by atoms with Crippen LogP contribution in [0.25, 0.3) is 0 Å². The summed E-state index contributed by atoms with van der Waals surface area (Å²) in [6.07, 6.45) is 0. The number of carboxylic acid groups (broad SMARTS) is 1. The third-order valence-corrected chi connectivity index (χ3v) is 2.05. The number of methoxy groups -OCH3 is 1. The molecule has 0 saturated heterocycles. The summed E-state index contributed by atoms with van der Waals surface area (Å²) in [5.74, 6) is -0.839. The van der Waals surface area contributed by atoms with Crippen molar-refractivity contribution < 1.29 is 14.6 Å². The van der Waals surface area contributed by atoms with Gasteiger partial charge >= 0.3 is 5.97 Å². The summed E-state index contributed by atoms with van der Waals surface area (Å²) < 4.78 is 4.96. The average Bonchev–Trinajstić information content (AvgIpc) is 2.19. The summed E-state index contributed by atoms with van der Waals surface area (Å²) >= 11 is 0. The molecule has 3 N–H and O–H groups in total. The lowest BCUT2D eigenvalue weighted by Crippen LogP contribution is -2.20. The molecule has 5 heteroatoms. The highest BCUT2D eigenvalue weighted by Gasteiger charge is 2.17. The molecule has 1 rings (SSSR count). The highest BCUT2D eigenvalue weighted by atomic mass is 35.5. The van der Waals surface area contributed by atoms with Gasteiger partial charge in [-0.1, -0.05) is 12.1 Å². The first kappa shape index (κ1) is 13.7. The summed E-state index contributed by atoms with van der Waals surface area (Å²) in [6.45, 7) is 0.0989. The van der Waals surface area contributed by atoms with E-state index in [1.54, 1.807) is 31.4 Å². The smallest absolute Gasteiger partial charge is 0.312 e. The SMILES string of the molecule is COc1ccc(C(CN)C(=O)O)cc1.Cl. The molecule has 0 fully saturated rings. The van der Waals surface area contributed by atoms with Gasteiger partial charge in [0.1, 0.15) is 5.75 Å². The van der Waals surface area contributed by atoms with Gasteiger partial charge in [0.05, 0.1) is 13.0 Å². The molecule has 1 unspecified atom stereocenters. The van der Waals surface area contributed by atoms with Crippen molar-refractivity contribution in [1.29, 1.82) is 0 Å². The minimum absolute atomic E-state index is 0. The van der Waals surface area contributed by atoms with E-state index in [-0.39, 0.29) is 19.0 Å². The van der Waals surface area contributed by atoms with Crippen LogP contribution in [0.15, 0.2) is 24.3 Å². The van der Waals surface area contributed by atoms with Gasteiger partial charge in [0.25, 0.3) is 0 Å². The van der Waals surface area contributed by atoms with Crippen molar-refractivity contribution in [3.05, 3.63) is 29.8 Å². The molecule has 0 spiro atoms. The maximum absolute atomic E-state index is 10.8. The fourth-order valence-electron chi connectivity index (χ4n) is 1.22. The molecule has 0 saturated carbocycles. The Labute approximate surface area is 94.5 Å². The number of ether oxygens (including phenoxy) is 1. The van der Waals surface area contributed by atoms with E-state index in [2.05, 4.69) is 0 Å². The molecule has 0 aliphatic rings. The Morgan fingerprint density at radius 2 is 2.00 bits per heavy atom. The Morgan fingerprint density at radius 3 is 2.33 bits per heavy atom. The monoisotopic (exact) mass is 231 g/mol. The van der Waals surface area contributed by atoms with Crippen LogP contribution >= 0.6 is 12.4 Å². The standard InChI is InChI=1S/C10H13NO3.ClH/c1-14-8-4-2-7(3-5-8)9(6-11)10(12)13;/h2-5,9H,6,11H2,1H3,(H,12,13);1H. The summed E-state index contributed by atoms with van der Waals surface area (Å²) in [5, 5.41) is 8.84. The molecular formula is C10H14ClNO3. The molecular weight excluding hydrogens is 218 g/mol. The van der Waals surface area contributed by atoms with Crippen molar-refractivity contribution in [2.75, 3.05) is 13.7 Å². The second-order valence-electron chi connectivity index (χ2n) is 2.90. The number of benzene rings is 1. The lowest BCUT2D eigenvalue weighted by molar-refractivity contribution is -0.138. The molecule has 15 heavy (non-hydrogen) atoms. The van der Waals surface area contributed by atoms with Crippen LogP contribution in [0.1, 0.15) is 11.5 Å². The van der Waals surface area contributed by atoms with Gasteiger partial charge in [-0.15, -0.1) is 12.4 Å². The highest BCUT2D eigenvalue weighted by Crippen LogP contribution is 2.18. The first-order valence-corrected chi connectivity index (χ1v) is 4.26. The van der Waals surface area contributed by atoms with Gasteiger partial charge in [-0.3, -0.25) is 4.79 Å². The van der Waals surface area contributed by atoms with Crippen LogP contribution in [0.4, 0.5) is 0 Å². The van der Waals surface area contributed by atoms with Crippen molar-refractivity contribution in [3.8, 4) is 5.75 Å². The van der Waals surface area contributed by atoms with Crippen LogP contribution in [0.2, 0.25) is 0 Å². The fraction of sp³-hybridized carbons (Fsp3) is 0.300. The Morgan fingerprint density at radius 1 is 1.47 bits per heavy atom. The maximum atomic E-state index is 10.8. The topological polar surface area (TPSA) is 72.5 Å². The molecule has 0 amide bonds. The number of halogens is 1. The third kappa shape index (κ3) is 3.42. The van der Waals surface area contributed by atoms with Crippen LogP contribution < -0.4 is 10.5 Å². The fourth-order valence-corrected chi connectivity index (χ4v) is 1.22. The van der Waals surface area contributed by atoms with Crippen LogP contribution in [-0.4, -0.2) is 24.7 Å². The van der Waals surface area contributed by atoms with E-state index in [4.69, 9.17) is 15.6 Å². The summed E-state index contributed by atoms with van der Waals surface area (Å²) in [7, 11) is 1.56. The normalized spacial score (nSPS) is 11.3. The highest BCUT2D eigenvalue weighted by molar-refractivity contribution is 5.85. The van der Waals surface area contributed by atoms with Gasteiger partial charge in [0.15, 0.2) is 0 Å². The third-order valence-electron chi connectivity index (χ3n) is 2.05. The van der Waals surface area contributed by atoms with Crippen LogP contribution in [0, 0.1) is 0 Å². The van der Waals surface area contributed by atoms with Crippen molar-refractivity contribution in [3.63, 3.8) is 0 Å². The molecule has 0 aliphatic heterocycles. The second kappa shape index (κ2) is 6.27. The van der Waals surface area contributed by atoms with Gasteiger partial charge < -0.3 is 15.6 Å².